The molecular formula is C4H3NO2. The molecule has 2 radical (unpaired) electrons. The second-order valence-corrected chi connectivity index (χ2v) is 0.728. The fraction of sp³-hybridized carbons (Fsp3) is 0.250. The van der Waals surface area contributed by atoms with Crippen LogP contribution in [0.2, 0.25) is 0 Å². The van der Waals surface area contributed by atoms with Crippen LogP contribution in [0.5, 0.6) is 0 Å². The van der Waals surface area contributed by atoms with E-state index in [0.717, 1.165) is 0 Å². The maximum atomic E-state index is 9.86. The van der Waals surface area contributed by atoms with Crippen molar-refractivity contribution in [1.29, 1.82) is 5.26 Å². The zero-order valence-electron chi connectivity index (χ0n) is 3.76. The Morgan fingerprint density at radius 3 is 2.57 bits per heavy atom. The van der Waals surface area contributed by atoms with Crippen molar-refractivity contribution in [3.63, 3.8) is 0 Å². The second-order valence-electron chi connectivity index (χ2n) is 0.728. The van der Waals surface area contributed by atoms with Crippen LogP contribution >= 0.6 is 0 Å². The maximum absolute atomic E-state index is 9.86. The van der Waals surface area contributed by atoms with E-state index in [1.165, 1.54) is 13.2 Å². The predicted octanol–water partition coefficient (Wildman–Crippen LogP) is -0.236. The largest absolute Gasteiger partial charge is 0.468 e. The number of hydrogen-bond acceptors (Lipinski definition) is 3. The molecule has 3 heteroatoms. The van der Waals surface area contributed by atoms with Crippen LogP contribution in [0.4, 0.5) is 0 Å². The van der Waals surface area contributed by atoms with E-state index in [0.29, 0.717) is 0 Å². The van der Waals surface area contributed by atoms with Gasteiger partial charge in [0.25, 0.3) is 0 Å². The van der Waals surface area contributed by atoms with E-state index in [1.54, 1.807) is 6.42 Å². The average molecular weight is 97.1 g/mol. The van der Waals surface area contributed by atoms with Gasteiger partial charge in [0.05, 0.1) is 13.2 Å². The monoisotopic (exact) mass is 97.0 g/mol. The number of nitriles is 1. The third-order valence-electron chi connectivity index (χ3n) is 0.343. The van der Waals surface area contributed by atoms with Crippen LogP contribution in [0.25, 0.3) is 0 Å². The lowest BCUT2D eigenvalue weighted by Crippen LogP contribution is -1.97. The van der Waals surface area contributed by atoms with Gasteiger partial charge in [0.2, 0.25) is 6.42 Å². The zero-order chi connectivity index (χ0) is 5.70. The van der Waals surface area contributed by atoms with E-state index in [1.807, 2.05) is 0 Å². The van der Waals surface area contributed by atoms with E-state index in [9.17, 15) is 4.79 Å². The van der Waals surface area contributed by atoms with Crippen molar-refractivity contribution in [2.24, 2.45) is 0 Å². The lowest BCUT2D eigenvalue weighted by molar-refractivity contribution is -0.136. The molecule has 0 bridgehead atoms. The highest BCUT2D eigenvalue weighted by Gasteiger charge is 1.96. The molecule has 0 heterocycles. The minimum Gasteiger partial charge on any atom is -0.468 e. The molecule has 0 fully saturated rings. The predicted molar refractivity (Wildman–Crippen MR) is 20.9 cm³/mol. The van der Waals surface area contributed by atoms with E-state index in [2.05, 4.69) is 4.74 Å². The number of esters is 1. The quantitative estimate of drug-likeness (QED) is 0.424. The number of ether oxygens (including phenoxy) is 1. The standard InChI is InChI=1S/C4H3NO2/c1-7-4(6)2-3-5/h1H3. The fourth-order valence-corrected chi connectivity index (χ4v) is 0.0967. The summed E-state index contributed by atoms with van der Waals surface area (Å²) >= 11 is 0. The average Bonchev–Trinajstić information content (AvgIpc) is 1.68. The van der Waals surface area contributed by atoms with Crippen molar-refractivity contribution in [1.82, 2.24) is 0 Å². The Kier molecular flexibility index (Phi) is 2.69. The summed E-state index contributed by atoms with van der Waals surface area (Å²) in [5.41, 5.74) is 0. The fourth-order valence-electron chi connectivity index (χ4n) is 0.0967. The minimum absolute atomic E-state index is 0.734. The highest BCUT2D eigenvalue weighted by atomic mass is 16.5. The van der Waals surface area contributed by atoms with Crippen molar-refractivity contribution in [2.75, 3.05) is 7.11 Å². The molecule has 0 atom stereocenters. The van der Waals surface area contributed by atoms with Crippen LogP contribution in [0.3, 0.4) is 0 Å². The number of rotatable bonds is 1. The van der Waals surface area contributed by atoms with Gasteiger partial charge in [0.1, 0.15) is 0 Å². The molecule has 0 unspecified atom stereocenters. The summed E-state index contributed by atoms with van der Waals surface area (Å²) in [6.45, 7) is 0. The summed E-state index contributed by atoms with van der Waals surface area (Å²) in [4.78, 5) is 9.86. The third-order valence-corrected chi connectivity index (χ3v) is 0.343. The highest BCUT2D eigenvalue weighted by Crippen LogP contribution is 1.75. The van der Waals surface area contributed by atoms with Crippen molar-refractivity contribution >= 4 is 5.97 Å². The molecule has 7 heavy (non-hydrogen) atoms. The van der Waals surface area contributed by atoms with Crippen LogP contribution < -0.4 is 0 Å². The summed E-state index contributed by atoms with van der Waals surface area (Å²) in [5, 5.41) is 7.71. The second kappa shape index (κ2) is 3.16. The SMILES string of the molecule is COC(=O)[C]C#N. The molecule has 0 rings (SSSR count). The van der Waals surface area contributed by atoms with Gasteiger partial charge in [-0.3, -0.25) is 4.79 Å². The summed E-state index contributed by atoms with van der Waals surface area (Å²) < 4.78 is 4.02. The van der Waals surface area contributed by atoms with Crippen LogP contribution in [0, 0.1) is 17.8 Å². The Morgan fingerprint density at radius 1 is 1.86 bits per heavy atom. The number of carbonyl (C=O) groups excluding carboxylic acids is 1. The molecule has 0 saturated heterocycles. The smallest absolute Gasteiger partial charge is 0.331 e. The Bertz CT molecular complexity index is 103. The first-order chi connectivity index (χ1) is 3.31. The Labute approximate surface area is 41.5 Å². The van der Waals surface area contributed by atoms with Crippen molar-refractivity contribution in [3.8, 4) is 6.07 Å². The molecule has 0 aromatic carbocycles. The molecule has 0 N–H and O–H groups in total. The number of nitrogens with zero attached hydrogens (tertiary/aromatic N) is 1. The molecule has 0 saturated carbocycles. The van der Waals surface area contributed by atoms with E-state index in [-0.39, 0.29) is 0 Å². The molecule has 0 amide bonds. The van der Waals surface area contributed by atoms with Crippen molar-refractivity contribution in [2.45, 2.75) is 0 Å². The first kappa shape index (κ1) is 5.96. The van der Waals surface area contributed by atoms with Gasteiger partial charge in [-0.25, -0.2) is 0 Å². The summed E-state index contributed by atoms with van der Waals surface area (Å²) in [6.07, 6.45) is 1.74. The zero-order valence-corrected chi connectivity index (χ0v) is 3.76. The highest BCUT2D eigenvalue weighted by molar-refractivity contribution is 5.81. The van der Waals surface area contributed by atoms with Gasteiger partial charge in [-0.1, -0.05) is 0 Å². The lowest BCUT2D eigenvalue weighted by atomic mass is 10.5. The molecule has 0 aromatic rings. The number of hydrogen-bond donors (Lipinski definition) is 0. The summed E-state index contributed by atoms with van der Waals surface area (Å²) in [5.74, 6) is -0.734. The molecular weight excluding hydrogens is 94.0 g/mol. The first-order valence-corrected chi connectivity index (χ1v) is 1.54. The van der Waals surface area contributed by atoms with Crippen LogP contribution in [-0.2, 0) is 9.53 Å². The topological polar surface area (TPSA) is 50.1 Å². The van der Waals surface area contributed by atoms with E-state index < -0.39 is 5.97 Å². The molecule has 36 valence electrons. The Hall–Kier alpha value is -1.04. The van der Waals surface area contributed by atoms with Crippen molar-refractivity contribution in [3.05, 3.63) is 6.42 Å². The summed E-state index contributed by atoms with van der Waals surface area (Å²) in [7, 11) is 1.19. The van der Waals surface area contributed by atoms with Gasteiger partial charge >= 0.3 is 5.97 Å². The van der Waals surface area contributed by atoms with Crippen molar-refractivity contribution < 1.29 is 9.53 Å². The van der Waals surface area contributed by atoms with Crippen LogP contribution in [-0.4, -0.2) is 13.1 Å². The van der Waals surface area contributed by atoms with Gasteiger partial charge in [0.15, 0.2) is 0 Å². The normalized spacial score (nSPS) is 6.86. The molecule has 3 nitrogen and oxygen atoms in total. The van der Waals surface area contributed by atoms with Gasteiger partial charge in [-0.2, -0.15) is 5.26 Å². The molecule has 0 aliphatic carbocycles. The van der Waals surface area contributed by atoms with Crippen LogP contribution in [0.15, 0.2) is 0 Å². The summed E-state index contributed by atoms with van der Waals surface area (Å²) in [6, 6.07) is 1.39. The van der Waals surface area contributed by atoms with Gasteiger partial charge < -0.3 is 4.74 Å². The van der Waals surface area contributed by atoms with E-state index >= 15 is 0 Å². The maximum Gasteiger partial charge on any atom is 0.331 e. The molecule has 0 aromatic heterocycles. The lowest BCUT2D eigenvalue weighted by Gasteiger charge is -1.84. The Balaban J connectivity index is 3.23. The molecule has 0 aliphatic heterocycles. The van der Waals surface area contributed by atoms with Crippen LogP contribution in [0.1, 0.15) is 0 Å². The van der Waals surface area contributed by atoms with Gasteiger partial charge in [-0.05, 0) is 0 Å². The van der Waals surface area contributed by atoms with E-state index in [4.69, 9.17) is 5.26 Å². The van der Waals surface area contributed by atoms with Gasteiger partial charge in [-0.15, -0.1) is 0 Å². The first-order valence-electron chi connectivity index (χ1n) is 1.54. The molecule has 0 aliphatic rings. The van der Waals surface area contributed by atoms with Gasteiger partial charge in [0, 0.05) is 0 Å². The number of carbonyl (C=O) groups is 1. The minimum atomic E-state index is -0.734. The third kappa shape index (κ3) is 2.77. The number of methoxy groups -OCH3 is 1. The molecule has 0 spiro atoms. The Morgan fingerprint density at radius 2 is 2.43 bits per heavy atom.